The Morgan fingerprint density at radius 1 is 1.15 bits per heavy atom. The van der Waals surface area contributed by atoms with Crippen LogP contribution in [0.3, 0.4) is 0 Å². The van der Waals surface area contributed by atoms with Crippen LogP contribution in [0.4, 0.5) is 0 Å². The van der Waals surface area contributed by atoms with E-state index in [0.717, 1.165) is 46.6 Å². The summed E-state index contributed by atoms with van der Waals surface area (Å²) in [5.41, 5.74) is 3.18. The molecule has 4 atom stereocenters. The molecular weight excluding hydrogens is 464 g/mol. The van der Waals surface area contributed by atoms with Gasteiger partial charge in [0.2, 0.25) is 0 Å². The fourth-order valence-electron chi connectivity index (χ4n) is 6.54. The van der Waals surface area contributed by atoms with Crippen molar-refractivity contribution in [3.05, 3.63) is 57.3 Å². The Balaban J connectivity index is 1.20. The van der Waals surface area contributed by atoms with Gasteiger partial charge in [0.1, 0.15) is 10.7 Å². The third kappa shape index (κ3) is 3.75. The molecule has 3 aromatic rings. The summed E-state index contributed by atoms with van der Waals surface area (Å²) in [5.74, 6) is 1.57. The Labute approximate surface area is 209 Å². The second-order valence-corrected chi connectivity index (χ2v) is 12.5. The molecule has 1 aliphatic carbocycles. The predicted octanol–water partition coefficient (Wildman–Crippen LogP) is 6.06. The molecule has 0 radical (unpaired) electrons. The van der Waals surface area contributed by atoms with Crippen molar-refractivity contribution >= 4 is 39.1 Å². The maximum atomic E-state index is 13.4. The van der Waals surface area contributed by atoms with Crippen molar-refractivity contribution in [3.8, 4) is 0 Å². The maximum Gasteiger partial charge on any atom is 0.253 e. The third-order valence-corrected chi connectivity index (χ3v) is 9.46. The van der Waals surface area contributed by atoms with E-state index < -0.39 is 0 Å². The number of nitrogens with zero attached hydrogens (tertiary/aromatic N) is 3. The van der Waals surface area contributed by atoms with Gasteiger partial charge in [-0.3, -0.25) is 4.79 Å². The largest absolute Gasteiger partial charge is 0.339 e. The highest BCUT2D eigenvalue weighted by atomic mass is 35.5. The zero-order chi connectivity index (χ0) is 23.8. The Morgan fingerprint density at radius 2 is 1.88 bits per heavy atom. The summed E-state index contributed by atoms with van der Waals surface area (Å²) >= 11 is 8.43. The molecule has 3 fully saturated rings. The lowest BCUT2D eigenvalue weighted by atomic mass is 9.84. The minimum absolute atomic E-state index is 0.0608. The van der Waals surface area contributed by atoms with Crippen molar-refractivity contribution < 1.29 is 4.79 Å². The molecule has 34 heavy (non-hydrogen) atoms. The highest BCUT2D eigenvalue weighted by molar-refractivity contribution is 7.16. The number of benzene rings is 1. The SMILES string of the molecule is Cc1nc([C@@H]2C[C@H]2c2ccc(C(=O)N(C)C3CC4(C)CCC(C)(C3)N4)cc2Cl)c2ccsc2n1. The van der Waals surface area contributed by atoms with Gasteiger partial charge in [-0.25, -0.2) is 9.97 Å². The average Bonchev–Trinajstić information content (AvgIpc) is 3.36. The van der Waals surface area contributed by atoms with E-state index in [0.29, 0.717) is 22.4 Å². The van der Waals surface area contributed by atoms with Crippen LogP contribution in [-0.4, -0.2) is 44.9 Å². The number of fused-ring (bicyclic) bond motifs is 3. The van der Waals surface area contributed by atoms with E-state index in [1.54, 1.807) is 11.3 Å². The Morgan fingerprint density at radius 3 is 2.59 bits per heavy atom. The lowest BCUT2D eigenvalue weighted by Gasteiger charge is -2.45. The van der Waals surface area contributed by atoms with E-state index in [4.69, 9.17) is 16.6 Å². The van der Waals surface area contributed by atoms with E-state index in [-0.39, 0.29) is 23.0 Å². The molecule has 1 N–H and O–H groups in total. The van der Waals surface area contributed by atoms with Crippen LogP contribution >= 0.6 is 22.9 Å². The number of aromatic nitrogens is 2. The van der Waals surface area contributed by atoms with Gasteiger partial charge >= 0.3 is 0 Å². The van der Waals surface area contributed by atoms with E-state index in [9.17, 15) is 4.79 Å². The Bertz CT molecular complexity index is 1290. The summed E-state index contributed by atoms with van der Waals surface area (Å²) < 4.78 is 0. The van der Waals surface area contributed by atoms with Gasteiger partial charge in [-0.1, -0.05) is 17.7 Å². The van der Waals surface area contributed by atoms with Gasteiger partial charge < -0.3 is 10.2 Å². The quantitative estimate of drug-likeness (QED) is 0.479. The molecule has 7 heteroatoms. The highest BCUT2D eigenvalue weighted by Crippen LogP contribution is 2.57. The zero-order valence-electron chi connectivity index (χ0n) is 20.2. The summed E-state index contributed by atoms with van der Waals surface area (Å²) in [5, 5.41) is 7.73. The summed E-state index contributed by atoms with van der Waals surface area (Å²) in [7, 11) is 1.95. The molecule has 3 aliphatic rings. The van der Waals surface area contributed by atoms with Crippen molar-refractivity contribution in [1.29, 1.82) is 0 Å². The number of rotatable bonds is 4. The van der Waals surface area contributed by atoms with Gasteiger partial charge in [0.05, 0.1) is 5.69 Å². The number of halogens is 1. The molecule has 178 valence electrons. The first-order valence-electron chi connectivity index (χ1n) is 12.2. The number of aryl methyl sites for hydroxylation is 1. The monoisotopic (exact) mass is 494 g/mol. The molecule has 6 rings (SSSR count). The van der Waals surface area contributed by atoms with Crippen molar-refractivity contribution in [2.24, 2.45) is 0 Å². The van der Waals surface area contributed by atoms with Gasteiger partial charge in [0.15, 0.2) is 0 Å². The molecule has 1 aromatic carbocycles. The predicted molar refractivity (Wildman–Crippen MR) is 138 cm³/mol. The number of hydrogen-bond donors (Lipinski definition) is 1. The van der Waals surface area contributed by atoms with Crippen LogP contribution in [0.15, 0.2) is 29.6 Å². The van der Waals surface area contributed by atoms with Crippen LogP contribution < -0.4 is 5.32 Å². The number of carbonyl (C=O) groups excluding carboxylic acids is 1. The van der Waals surface area contributed by atoms with Crippen molar-refractivity contribution in [3.63, 3.8) is 0 Å². The van der Waals surface area contributed by atoms with Gasteiger partial charge in [0, 0.05) is 46.1 Å². The second-order valence-electron chi connectivity index (χ2n) is 11.2. The molecule has 2 unspecified atom stereocenters. The lowest BCUT2D eigenvalue weighted by molar-refractivity contribution is 0.0597. The molecule has 2 bridgehead atoms. The summed E-state index contributed by atoms with van der Waals surface area (Å²) in [6.07, 6.45) is 5.37. The van der Waals surface area contributed by atoms with Crippen LogP contribution in [0.25, 0.3) is 10.2 Å². The van der Waals surface area contributed by atoms with E-state index in [2.05, 4.69) is 41.7 Å². The number of amides is 1. The molecule has 2 saturated heterocycles. The zero-order valence-corrected chi connectivity index (χ0v) is 21.8. The van der Waals surface area contributed by atoms with Crippen molar-refractivity contribution in [2.45, 2.75) is 81.8 Å². The van der Waals surface area contributed by atoms with Crippen LogP contribution in [0.5, 0.6) is 0 Å². The molecule has 1 amide bonds. The van der Waals surface area contributed by atoms with Gasteiger partial charge in [-0.15, -0.1) is 11.3 Å². The number of thiophene rings is 1. The van der Waals surface area contributed by atoms with Crippen molar-refractivity contribution in [1.82, 2.24) is 20.2 Å². The highest BCUT2D eigenvalue weighted by Gasteiger charge is 2.50. The smallest absolute Gasteiger partial charge is 0.253 e. The van der Waals surface area contributed by atoms with E-state index in [1.807, 2.05) is 31.0 Å². The number of carbonyl (C=O) groups is 1. The fraction of sp³-hybridized carbons (Fsp3) is 0.519. The maximum absolute atomic E-state index is 13.4. The van der Waals surface area contributed by atoms with Crippen LogP contribution in [-0.2, 0) is 0 Å². The average molecular weight is 495 g/mol. The number of hydrogen-bond acceptors (Lipinski definition) is 5. The molecule has 2 aliphatic heterocycles. The first-order valence-corrected chi connectivity index (χ1v) is 13.5. The Kier molecular flexibility index (Phi) is 5.11. The standard InChI is InChI=1S/C27H31ClN4OS/c1-15-29-23(19-7-10-34-24(19)30-15)21-12-20(21)18-6-5-16(11-22(18)28)25(33)32(4)17-13-26(2)8-9-27(3,14-17)31-26/h5-7,10-11,17,20-21,31H,8-9,12-14H2,1-4H3/t17?,20-,21+,26?,27?/m0/s1. The molecule has 1 saturated carbocycles. The minimum Gasteiger partial charge on any atom is -0.339 e. The van der Waals surface area contributed by atoms with Crippen LogP contribution in [0, 0.1) is 6.92 Å². The lowest BCUT2D eigenvalue weighted by Crippen LogP contribution is -2.59. The summed E-state index contributed by atoms with van der Waals surface area (Å²) in [6, 6.07) is 8.25. The first kappa shape index (κ1) is 22.4. The van der Waals surface area contributed by atoms with Gasteiger partial charge in [-0.2, -0.15) is 0 Å². The molecule has 5 nitrogen and oxygen atoms in total. The summed E-state index contributed by atoms with van der Waals surface area (Å²) in [4.78, 5) is 25.8. The third-order valence-electron chi connectivity index (χ3n) is 8.33. The summed E-state index contributed by atoms with van der Waals surface area (Å²) in [6.45, 7) is 6.55. The molecule has 4 heterocycles. The van der Waals surface area contributed by atoms with Crippen LogP contribution in [0.1, 0.15) is 85.2 Å². The fourth-order valence-corrected chi connectivity index (χ4v) is 7.68. The van der Waals surface area contributed by atoms with Crippen molar-refractivity contribution in [2.75, 3.05) is 7.05 Å². The van der Waals surface area contributed by atoms with E-state index >= 15 is 0 Å². The van der Waals surface area contributed by atoms with Crippen LogP contribution in [0.2, 0.25) is 5.02 Å². The first-order chi connectivity index (χ1) is 16.1. The Hall–Kier alpha value is -2.02. The molecular formula is C27H31ClN4OS. The molecule has 2 aromatic heterocycles. The van der Waals surface area contributed by atoms with E-state index in [1.165, 1.54) is 12.8 Å². The van der Waals surface area contributed by atoms with Gasteiger partial charge in [0.25, 0.3) is 5.91 Å². The van der Waals surface area contributed by atoms with Gasteiger partial charge in [-0.05, 0) is 87.9 Å². The second kappa shape index (κ2) is 7.74. The molecule has 0 spiro atoms. The number of nitrogens with one attached hydrogen (secondary N) is 1. The topological polar surface area (TPSA) is 58.1 Å². The normalized spacial score (nSPS) is 32.2. The number of piperidine rings is 1. The minimum atomic E-state index is 0.0608.